The van der Waals surface area contributed by atoms with Crippen molar-refractivity contribution in [1.82, 2.24) is 25.0 Å². The number of fused-ring (bicyclic) bond motifs is 3. The van der Waals surface area contributed by atoms with Crippen LogP contribution in [0.5, 0.6) is 11.6 Å². The largest absolute Gasteiger partial charge is 0.482 e. The second kappa shape index (κ2) is 8.94. The molecule has 2 bridgehead atoms. The van der Waals surface area contributed by atoms with Crippen molar-refractivity contribution < 1.29 is 9.47 Å². The quantitative estimate of drug-likeness (QED) is 0.565. The number of ether oxygens (including phenoxy) is 2. The fraction of sp³-hybridized carbons (Fsp3) is 0.500. The van der Waals surface area contributed by atoms with Gasteiger partial charge in [0.2, 0.25) is 11.8 Å². The molecule has 1 saturated heterocycles. The van der Waals surface area contributed by atoms with Gasteiger partial charge in [-0.2, -0.15) is 10.1 Å². The SMILES string of the molecule is COc1cc(N2C[C@H]3CC[C@@H](C2)[C@@H]3Nc2nc3n(n2)CCC[C@@H]3Oc2cccc(Cl)c2)cnn1. The number of nitrogens with one attached hydrogen (secondary N) is 1. The van der Waals surface area contributed by atoms with Gasteiger partial charge < -0.3 is 19.7 Å². The molecule has 1 N–H and O–H groups in total. The van der Waals surface area contributed by atoms with Gasteiger partial charge in [-0.15, -0.1) is 10.2 Å². The van der Waals surface area contributed by atoms with Crippen LogP contribution in [0.1, 0.15) is 37.6 Å². The molecule has 10 heteroatoms. The molecule has 6 rings (SSSR count). The molecule has 1 saturated carbocycles. The van der Waals surface area contributed by atoms with Gasteiger partial charge >= 0.3 is 0 Å². The molecule has 0 amide bonds. The number of halogens is 1. The number of hydrogen-bond donors (Lipinski definition) is 1. The second-order valence-corrected chi connectivity index (χ2v) is 9.79. The minimum atomic E-state index is -0.122. The molecular formula is C24H28ClN7O2. The highest BCUT2D eigenvalue weighted by Gasteiger charge is 2.43. The summed E-state index contributed by atoms with van der Waals surface area (Å²) in [6.45, 7) is 2.80. The lowest BCUT2D eigenvalue weighted by Gasteiger charge is -2.39. The summed E-state index contributed by atoms with van der Waals surface area (Å²) in [6.07, 6.45) is 6.01. The van der Waals surface area contributed by atoms with Crippen molar-refractivity contribution in [2.24, 2.45) is 11.8 Å². The summed E-state index contributed by atoms with van der Waals surface area (Å²) in [5.74, 6) is 3.95. The van der Waals surface area contributed by atoms with Crippen LogP contribution in [-0.4, -0.2) is 51.2 Å². The highest BCUT2D eigenvalue weighted by molar-refractivity contribution is 6.30. The van der Waals surface area contributed by atoms with E-state index in [0.29, 0.717) is 34.7 Å². The molecule has 178 valence electrons. The molecule has 2 fully saturated rings. The minimum absolute atomic E-state index is 0.122. The van der Waals surface area contributed by atoms with E-state index in [-0.39, 0.29) is 6.10 Å². The van der Waals surface area contributed by atoms with Crippen molar-refractivity contribution >= 4 is 23.2 Å². The Labute approximate surface area is 203 Å². The average molecular weight is 482 g/mol. The van der Waals surface area contributed by atoms with Crippen LogP contribution >= 0.6 is 11.6 Å². The number of aromatic nitrogens is 5. The van der Waals surface area contributed by atoms with E-state index in [1.54, 1.807) is 7.11 Å². The van der Waals surface area contributed by atoms with Crippen LogP contribution in [0.4, 0.5) is 11.6 Å². The third kappa shape index (κ3) is 4.13. The van der Waals surface area contributed by atoms with E-state index in [1.165, 1.54) is 12.8 Å². The highest BCUT2D eigenvalue weighted by atomic mass is 35.5. The number of hydrogen-bond acceptors (Lipinski definition) is 8. The molecule has 0 radical (unpaired) electrons. The molecule has 1 aromatic carbocycles. The molecule has 4 heterocycles. The zero-order chi connectivity index (χ0) is 23.1. The van der Waals surface area contributed by atoms with Gasteiger partial charge in [-0.25, -0.2) is 4.68 Å². The number of aryl methyl sites for hydroxylation is 1. The van der Waals surface area contributed by atoms with Crippen molar-refractivity contribution in [2.45, 2.75) is 44.4 Å². The third-order valence-corrected chi connectivity index (χ3v) is 7.46. The zero-order valence-corrected chi connectivity index (χ0v) is 19.9. The number of methoxy groups -OCH3 is 1. The van der Waals surface area contributed by atoms with E-state index in [0.717, 1.165) is 49.7 Å². The van der Waals surface area contributed by atoms with E-state index in [4.69, 9.17) is 31.2 Å². The molecule has 9 nitrogen and oxygen atoms in total. The van der Waals surface area contributed by atoms with Crippen molar-refractivity contribution in [3.05, 3.63) is 47.4 Å². The van der Waals surface area contributed by atoms with E-state index in [1.807, 2.05) is 41.2 Å². The maximum Gasteiger partial charge on any atom is 0.242 e. The van der Waals surface area contributed by atoms with Gasteiger partial charge in [-0.05, 0) is 55.7 Å². The third-order valence-electron chi connectivity index (χ3n) is 7.22. The van der Waals surface area contributed by atoms with E-state index < -0.39 is 0 Å². The van der Waals surface area contributed by atoms with Gasteiger partial charge in [0.1, 0.15) is 5.75 Å². The lowest BCUT2D eigenvalue weighted by molar-refractivity contribution is 0.155. The lowest BCUT2D eigenvalue weighted by atomic mass is 9.92. The van der Waals surface area contributed by atoms with Crippen LogP contribution in [-0.2, 0) is 6.54 Å². The predicted molar refractivity (Wildman–Crippen MR) is 128 cm³/mol. The van der Waals surface area contributed by atoms with Crippen LogP contribution in [0.25, 0.3) is 0 Å². The van der Waals surface area contributed by atoms with Gasteiger partial charge in [0, 0.05) is 36.8 Å². The maximum absolute atomic E-state index is 6.24. The molecular weight excluding hydrogens is 454 g/mol. The number of rotatable bonds is 6. The number of anilines is 2. The first-order valence-electron chi connectivity index (χ1n) is 11.9. The average Bonchev–Trinajstić information content (AvgIpc) is 3.36. The van der Waals surface area contributed by atoms with Crippen LogP contribution in [0, 0.1) is 11.8 Å². The Kier molecular flexibility index (Phi) is 5.64. The van der Waals surface area contributed by atoms with Gasteiger partial charge in [-0.1, -0.05) is 17.7 Å². The Morgan fingerprint density at radius 1 is 1.12 bits per heavy atom. The first-order valence-corrected chi connectivity index (χ1v) is 12.3. The Morgan fingerprint density at radius 2 is 1.97 bits per heavy atom. The van der Waals surface area contributed by atoms with Gasteiger partial charge in [0.25, 0.3) is 0 Å². The molecule has 1 aliphatic carbocycles. The minimum Gasteiger partial charge on any atom is -0.482 e. The smallest absolute Gasteiger partial charge is 0.242 e. The summed E-state index contributed by atoms with van der Waals surface area (Å²) in [5, 5.41) is 17.2. The number of piperidine rings is 1. The summed E-state index contributed by atoms with van der Waals surface area (Å²) in [6, 6.07) is 9.85. The van der Waals surface area contributed by atoms with Crippen LogP contribution in [0.15, 0.2) is 36.5 Å². The maximum atomic E-state index is 6.24. The molecule has 2 aromatic heterocycles. The Hall–Kier alpha value is -3.07. The molecule has 2 aliphatic heterocycles. The number of nitrogens with zero attached hydrogens (tertiary/aromatic N) is 6. The zero-order valence-electron chi connectivity index (χ0n) is 19.1. The topological polar surface area (TPSA) is 90.2 Å². The summed E-state index contributed by atoms with van der Waals surface area (Å²) in [5.41, 5.74) is 1.07. The van der Waals surface area contributed by atoms with Gasteiger partial charge in [-0.3, -0.25) is 0 Å². The normalized spacial score (nSPS) is 25.6. The Bertz CT molecular complexity index is 1160. The second-order valence-electron chi connectivity index (χ2n) is 9.35. The summed E-state index contributed by atoms with van der Waals surface area (Å²) in [4.78, 5) is 7.28. The molecule has 0 spiro atoms. The predicted octanol–water partition coefficient (Wildman–Crippen LogP) is 3.97. The first kappa shape index (κ1) is 21.5. The van der Waals surface area contributed by atoms with Gasteiger partial charge in [0.05, 0.1) is 19.0 Å². The molecule has 4 atom stereocenters. The molecule has 3 aliphatic rings. The first-order chi connectivity index (χ1) is 16.7. The van der Waals surface area contributed by atoms with E-state index in [2.05, 4.69) is 20.4 Å². The lowest BCUT2D eigenvalue weighted by Crippen LogP contribution is -2.48. The fourth-order valence-electron chi connectivity index (χ4n) is 5.62. The van der Waals surface area contributed by atoms with Gasteiger partial charge in [0.15, 0.2) is 11.9 Å². The van der Waals surface area contributed by atoms with E-state index in [9.17, 15) is 0 Å². The molecule has 0 unspecified atom stereocenters. The number of benzene rings is 1. The van der Waals surface area contributed by atoms with Crippen molar-refractivity contribution in [3.8, 4) is 11.6 Å². The van der Waals surface area contributed by atoms with E-state index >= 15 is 0 Å². The molecule has 3 aromatic rings. The van der Waals surface area contributed by atoms with Crippen molar-refractivity contribution in [1.29, 1.82) is 0 Å². The monoisotopic (exact) mass is 481 g/mol. The standard InChI is InChI=1S/C24H28ClN7O2/c1-33-21-11-18(12-26-29-21)31-13-15-7-8-16(14-31)22(15)27-24-28-23-20(6-3-9-32(23)30-24)34-19-5-2-4-17(25)10-19/h2,4-5,10-12,15-16,20,22H,3,6-9,13-14H2,1H3,(H,27,30)/t15-,16+,20-,22-/m0/s1. The summed E-state index contributed by atoms with van der Waals surface area (Å²) in [7, 11) is 1.62. The highest BCUT2D eigenvalue weighted by Crippen LogP contribution is 2.40. The molecule has 34 heavy (non-hydrogen) atoms. The Balaban J connectivity index is 1.16. The fourth-order valence-corrected chi connectivity index (χ4v) is 5.80. The van der Waals surface area contributed by atoms with Crippen molar-refractivity contribution in [3.63, 3.8) is 0 Å². The van der Waals surface area contributed by atoms with Crippen molar-refractivity contribution in [2.75, 3.05) is 30.4 Å². The van der Waals surface area contributed by atoms with Crippen LogP contribution < -0.4 is 19.7 Å². The Morgan fingerprint density at radius 3 is 2.76 bits per heavy atom. The van der Waals surface area contributed by atoms with Crippen LogP contribution in [0.2, 0.25) is 5.02 Å². The van der Waals surface area contributed by atoms with Crippen LogP contribution in [0.3, 0.4) is 0 Å². The summed E-state index contributed by atoms with van der Waals surface area (Å²) >= 11 is 6.13. The summed E-state index contributed by atoms with van der Waals surface area (Å²) < 4.78 is 13.5.